The van der Waals surface area contributed by atoms with Crippen LogP contribution in [0.1, 0.15) is 27.7 Å². The van der Waals surface area contributed by atoms with Gasteiger partial charge in [-0.05, 0) is 27.7 Å². The van der Waals surface area contributed by atoms with Crippen molar-refractivity contribution in [3.05, 3.63) is 36.4 Å². The SMILES string of the molecule is CC(CO)NC(=O)C(=O)Nc1cc(-c2ccccc2)nn1C(C)(C)C. The highest BCUT2D eigenvalue weighted by Gasteiger charge is 2.24. The third-order valence-electron chi connectivity index (χ3n) is 3.51. The Balaban J connectivity index is 2.29. The number of nitrogens with one attached hydrogen (secondary N) is 2. The minimum atomic E-state index is -0.801. The molecule has 0 radical (unpaired) electrons. The molecule has 2 aromatic rings. The zero-order valence-electron chi connectivity index (χ0n) is 14.9. The second-order valence-electron chi connectivity index (χ2n) is 6.87. The van der Waals surface area contributed by atoms with Crippen molar-refractivity contribution in [3.8, 4) is 11.3 Å². The lowest BCUT2D eigenvalue weighted by Crippen LogP contribution is -2.42. The van der Waals surface area contributed by atoms with Crippen molar-refractivity contribution < 1.29 is 14.7 Å². The van der Waals surface area contributed by atoms with E-state index in [0.717, 1.165) is 5.56 Å². The lowest BCUT2D eigenvalue weighted by molar-refractivity contribution is -0.136. The summed E-state index contributed by atoms with van der Waals surface area (Å²) in [5, 5.41) is 18.6. The molecule has 0 saturated carbocycles. The van der Waals surface area contributed by atoms with Crippen LogP contribution in [-0.2, 0) is 15.1 Å². The second kappa shape index (κ2) is 7.48. The average molecular weight is 344 g/mol. The van der Waals surface area contributed by atoms with Gasteiger partial charge >= 0.3 is 11.8 Å². The number of rotatable bonds is 4. The van der Waals surface area contributed by atoms with E-state index in [1.54, 1.807) is 17.7 Å². The molecular weight excluding hydrogens is 320 g/mol. The molecule has 0 aliphatic heterocycles. The Hall–Kier alpha value is -2.67. The van der Waals surface area contributed by atoms with Crippen molar-refractivity contribution in [3.63, 3.8) is 0 Å². The molecule has 1 heterocycles. The first-order chi connectivity index (χ1) is 11.7. The fraction of sp³-hybridized carbons (Fsp3) is 0.389. The van der Waals surface area contributed by atoms with Crippen LogP contribution in [0.5, 0.6) is 0 Å². The third-order valence-corrected chi connectivity index (χ3v) is 3.51. The number of anilines is 1. The maximum atomic E-state index is 12.1. The Kier molecular flexibility index (Phi) is 5.58. The summed E-state index contributed by atoms with van der Waals surface area (Å²) in [6.45, 7) is 7.24. The summed E-state index contributed by atoms with van der Waals surface area (Å²) < 4.78 is 1.68. The van der Waals surface area contributed by atoms with E-state index in [-0.39, 0.29) is 12.1 Å². The van der Waals surface area contributed by atoms with E-state index in [1.807, 2.05) is 51.1 Å². The first kappa shape index (κ1) is 18.7. The van der Waals surface area contributed by atoms with E-state index in [0.29, 0.717) is 11.5 Å². The largest absolute Gasteiger partial charge is 0.394 e. The van der Waals surface area contributed by atoms with E-state index >= 15 is 0 Å². The fourth-order valence-electron chi connectivity index (χ4n) is 2.24. The first-order valence-electron chi connectivity index (χ1n) is 8.11. The van der Waals surface area contributed by atoms with Gasteiger partial charge in [0.25, 0.3) is 0 Å². The van der Waals surface area contributed by atoms with Gasteiger partial charge in [0, 0.05) is 17.7 Å². The van der Waals surface area contributed by atoms with Gasteiger partial charge in [0.1, 0.15) is 5.82 Å². The molecule has 134 valence electrons. The van der Waals surface area contributed by atoms with Gasteiger partial charge in [0.05, 0.1) is 17.8 Å². The zero-order chi connectivity index (χ0) is 18.6. The average Bonchev–Trinajstić information content (AvgIpc) is 2.99. The molecule has 1 aromatic heterocycles. The van der Waals surface area contributed by atoms with Crippen LogP contribution in [0.15, 0.2) is 36.4 Å². The molecule has 0 bridgehead atoms. The van der Waals surface area contributed by atoms with Crippen LogP contribution >= 0.6 is 0 Å². The maximum Gasteiger partial charge on any atom is 0.314 e. The summed E-state index contributed by atoms with van der Waals surface area (Å²) >= 11 is 0. The topological polar surface area (TPSA) is 96.2 Å². The Morgan fingerprint density at radius 1 is 1.20 bits per heavy atom. The molecule has 1 aromatic carbocycles. The van der Waals surface area contributed by atoms with Crippen molar-refractivity contribution in [1.29, 1.82) is 0 Å². The Morgan fingerprint density at radius 3 is 2.40 bits per heavy atom. The third kappa shape index (κ3) is 4.67. The van der Waals surface area contributed by atoms with Gasteiger partial charge in [0.15, 0.2) is 0 Å². The Morgan fingerprint density at radius 2 is 1.84 bits per heavy atom. The molecule has 3 N–H and O–H groups in total. The van der Waals surface area contributed by atoms with Gasteiger partial charge in [-0.3, -0.25) is 9.59 Å². The van der Waals surface area contributed by atoms with E-state index in [1.165, 1.54) is 0 Å². The highest BCUT2D eigenvalue weighted by atomic mass is 16.3. The fourth-order valence-corrected chi connectivity index (χ4v) is 2.24. The summed E-state index contributed by atoms with van der Waals surface area (Å²) in [6, 6.07) is 10.8. The summed E-state index contributed by atoms with van der Waals surface area (Å²) in [5.74, 6) is -1.17. The van der Waals surface area contributed by atoms with Crippen LogP contribution in [0.4, 0.5) is 5.82 Å². The molecule has 2 rings (SSSR count). The quantitative estimate of drug-likeness (QED) is 0.736. The lowest BCUT2D eigenvalue weighted by atomic mass is 10.1. The summed E-state index contributed by atoms with van der Waals surface area (Å²) in [5.41, 5.74) is 1.24. The molecule has 1 atom stereocenters. The van der Waals surface area contributed by atoms with Crippen molar-refractivity contribution in [2.24, 2.45) is 0 Å². The molecular formula is C18H24N4O3. The molecule has 1 unspecified atom stereocenters. The van der Waals surface area contributed by atoms with Crippen LogP contribution in [0, 0.1) is 0 Å². The maximum absolute atomic E-state index is 12.1. The van der Waals surface area contributed by atoms with Crippen molar-refractivity contribution in [2.75, 3.05) is 11.9 Å². The number of amides is 2. The molecule has 2 amide bonds. The zero-order valence-corrected chi connectivity index (χ0v) is 14.9. The molecule has 7 nitrogen and oxygen atoms in total. The smallest absolute Gasteiger partial charge is 0.314 e. The summed E-state index contributed by atoms with van der Waals surface area (Å²) in [4.78, 5) is 24.0. The highest BCUT2D eigenvalue weighted by molar-refractivity contribution is 6.39. The number of carbonyl (C=O) groups excluding carboxylic acids is 2. The molecule has 0 saturated heterocycles. The van der Waals surface area contributed by atoms with Gasteiger partial charge < -0.3 is 15.7 Å². The van der Waals surface area contributed by atoms with Gasteiger partial charge in [-0.15, -0.1) is 0 Å². The predicted molar refractivity (Wildman–Crippen MR) is 96.0 cm³/mol. The minimum absolute atomic E-state index is 0.239. The minimum Gasteiger partial charge on any atom is -0.394 e. The van der Waals surface area contributed by atoms with Crippen LogP contribution < -0.4 is 10.6 Å². The van der Waals surface area contributed by atoms with Crippen LogP contribution in [-0.4, -0.2) is 39.4 Å². The predicted octanol–water partition coefficient (Wildman–Crippen LogP) is 1.74. The van der Waals surface area contributed by atoms with E-state index < -0.39 is 17.9 Å². The lowest BCUT2D eigenvalue weighted by Gasteiger charge is -2.22. The number of carbonyl (C=O) groups is 2. The summed E-state index contributed by atoms with van der Waals surface area (Å²) in [7, 11) is 0. The normalized spacial score (nSPS) is 12.5. The van der Waals surface area contributed by atoms with Crippen molar-refractivity contribution >= 4 is 17.6 Å². The van der Waals surface area contributed by atoms with Crippen LogP contribution in [0.3, 0.4) is 0 Å². The number of benzene rings is 1. The van der Waals surface area contributed by atoms with Gasteiger partial charge in [-0.1, -0.05) is 30.3 Å². The van der Waals surface area contributed by atoms with Crippen molar-refractivity contribution in [2.45, 2.75) is 39.3 Å². The summed E-state index contributed by atoms with van der Waals surface area (Å²) in [6.07, 6.45) is 0. The Labute approximate surface area is 147 Å². The standard InChI is InChI=1S/C18H24N4O3/c1-12(11-23)19-16(24)17(25)20-15-10-14(13-8-6-5-7-9-13)21-22(15)18(2,3)4/h5-10,12,23H,11H2,1-4H3,(H,19,24)(H,20,25). The number of aliphatic hydroxyl groups is 1. The number of hydrogen-bond donors (Lipinski definition) is 3. The second-order valence-corrected chi connectivity index (χ2v) is 6.87. The van der Waals surface area contributed by atoms with E-state index in [2.05, 4.69) is 15.7 Å². The van der Waals surface area contributed by atoms with Crippen LogP contribution in [0.2, 0.25) is 0 Å². The van der Waals surface area contributed by atoms with Gasteiger partial charge in [-0.25, -0.2) is 4.68 Å². The van der Waals surface area contributed by atoms with Crippen LogP contribution in [0.25, 0.3) is 11.3 Å². The van der Waals surface area contributed by atoms with Crippen molar-refractivity contribution in [1.82, 2.24) is 15.1 Å². The van der Waals surface area contributed by atoms with E-state index in [9.17, 15) is 9.59 Å². The molecule has 0 fully saturated rings. The first-order valence-corrected chi connectivity index (χ1v) is 8.11. The molecule has 0 spiro atoms. The number of aliphatic hydroxyl groups excluding tert-OH is 1. The molecule has 7 heteroatoms. The highest BCUT2D eigenvalue weighted by Crippen LogP contribution is 2.26. The molecule has 25 heavy (non-hydrogen) atoms. The van der Waals surface area contributed by atoms with Gasteiger partial charge in [0.2, 0.25) is 0 Å². The Bertz CT molecular complexity index is 747. The molecule has 0 aliphatic rings. The van der Waals surface area contributed by atoms with E-state index in [4.69, 9.17) is 5.11 Å². The number of nitrogens with zero attached hydrogens (tertiary/aromatic N) is 2. The monoisotopic (exact) mass is 344 g/mol. The number of aromatic nitrogens is 2. The molecule has 0 aliphatic carbocycles. The number of hydrogen-bond acceptors (Lipinski definition) is 4. The van der Waals surface area contributed by atoms with Gasteiger partial charge in [-0.2, -0.15) is 5.10 Å².